The summed E-state index contributed by atoms with van der Waals surface area (Å²) in [6.45, 7) is 0. The zero-order valence-corrected chi connectivity index (χ0v) is 31.4. The van der Waals surface area contributed by atoms with E-state index in [1.165, 1.54) is 76.3 Å². The molecule has 7 aromatic carbocycles. The molecule has 1 aromatic heterocycles. The van der Waals surface area contributed by atoms with Crippen LogP contribution in [-0.2, 0) is 5.41 Å². The first kappa shape index (κ1) is 32.2. The number of rotatable bonds is 5. The largest absolute Gasteiger partial charge is 0.228 e. The summed E-state index contributed by atoms with van der Waals surface area (Å²) in [6.07, 6.45) is 7.02. The van der Waals surface area contributed by atoms with Crippen molar-refractivity contribution >= 4 is 10.8 Å². The molecule has 4 saturated carbocycles. The lowest BCUT2D eigenvalue weighted by Gasteiger charge is -2.61. The molecular formula is C54H42N2. The average Bonchev–Trinajstić information content (AvgIpc) is 3.54. The molecule has 2 nitrogen and oxygen atoms in total. The highest BCUT2D eigenvalue weighted by molar-refractivity contribution is 5.99. The molecule has 0 unspecified atom stereocenters. The minimum atomic E-state index is 0.128. The summed E-state index contributed by atoms with van der Waals surface area (Å²) < 4.78 is 0. The molecule has 4 fully saturated rings. The predicted octanol–water partition coefficient (Wildman–Crippen LogP) is 13.7. The second-order valence-corrected chi connectivity index (χ2v) is 17.0. The lowest BCUT2D eigenvalue weighted by atomic mass is 9.43. The monoisotopic (exact) mass is 718 g/mol. The minimum Gasteiger partial charge on any atom is -0.228 e. The van der Waals surface area contributed by atoms with Crippen molar-refractivity contribution in [2.45, 2.75) is 37.5 Å². The Morgan fingerprint density at radius 1 is 0.375 bits per heavy atom. The molecule has 1 spiro atoms. The first-order valence-electron chi connectivity index (χ1n) is 20.6. The average molecular weight is 719 g/mol. The number of aromatic nitrogens is 2. The number of hydrogen-bond donors (Lipinski definition) is 0. The van der Waals surface area contributed by atoms with Crippen LogP contribution >= 0.6 is 0 Å². The summed E-state index contributed by atoms with van der Waals surface area (Å²) in [7, 11) is 0. The van der Waals surface area contributed by atoms with Crippen molar-refractivity contribution in [2.75, 3.05) is 0 Å². The van der Waals surface area contributed by atoms with Crippen LogP contribution in [0.5, 0.6) is 0 Å². The van der Waals surface area contributed by atoms with E-state index in [0.29, 0.717) is 0 Å². The fourth-order valence-electron chi connectivity index (χ4n) is 11.9. The van der Waals surface area contributed by atoms with Gasteiger partial charge in [0.15, 0.2) is 5.82 Å². The van der Waals surface area contributed by atoms with Gasteiger partial charge in [0.1, 0.15) is 0 Å². The van der Waals surface area contributed by atoms with E-state index in [9.17, 15) is 0 Å². The zero-order chi connectivity index (χ0) is 36.8. The Balaban J connectivity index is 0.970. The third kappa shape index (κ3) is 4.88. The van der Waals surface area contributed by atoms with Gasteiger partial charge in [0, 0.05) is 22.1 Å². The molecule has 0 aliphatic heterocycles. The molecule has 0 saturated heterocycles. The molecule has 1 heterocycles. The highest BCUT2D eigenvalue weighted by atomic mass is 14.9. The van der Waals surface area contributed by atoms with Crippen LogP contribution in [0.1, 0.15) is 43.2 Å². The molecule has 0 radical (unpaired) electrons. The first-order chi connectivity index (χ1) is 27.7. The lowest BCUT2D eigenvalue weighted by molar-refractivity contribution is -0.0398. The molecular weight excluding hydrogens is 677 g/mol. The summed E-state index contributed by atoms with van der Waals surface area (Å²) >= 11 is 0. The summed E-state index contributed by atoms with van der Waals surface area (Å²) in [5.74, 6) is 4.05. The summed E-state index contributed by atoms with van der Waals surface area (Å²) in [5.41, 5.74) is 16.3. The van der Waals surface area contributed by atoms with Gasteiger partial charge in [0.25, 0.3) is 0 Å². The second-order valence-electron chi connectivity index (χ2n) is 17.0. The van der Waals surface area contributed by atoms with Gasteiger partial charge < -0.3 is 0 Å². The molecule has 0 amide bonds. The molecule has 0 N–H and O–H groups in total. The molecule has 5 aliphatic rings. The summed E-state index contributed by atoms with van der Waals surface area (Å²) in [4.78, 5) is 10.3. The Kier molecular flexibility index (Phi) is 7.15. The van der Waals surface area contributed by atoms with Gasteiger partial charge in [-0.1, -0.05) is 152 Å². The Bertz CT molecular complexity index is 2760. The van der Waals surface area contributed by atoms with Gasteiger partial charge >= 0.3 is 0 Å². The van der Waals surface area contributed by atoms with Crippen molar-refractivity contribution in [1.29, 1.82) is 0 Å². The molecule has 8 aromatic rings. The van der Waals surface area contributed by atoms with E-state index >= 15 is 0 Å². The third-order valence-electron chi connectivity index (χ3n) is 14.1. The maximum absolute atomic E-state index is 5.17. The van der Waals surface area contributed by atoms with Crippen molar-refractivity contribution in [1.82, 2.24) is 9.97 Å². The van der Waals surface area contributed by atoms with Gasteiger partial charge in [-0.3, -0.25) is 0 Å². The molecule has 5 aliphatic carbocycles. The van der Waals surface area contributed by atoms with Crippen LogP contribution in [0.4, 0.5) is 0 Å². The maximum Gasteiger partial charge on any atom is 0.160 e. The van der Waals surface area contributed by atoms with Gasteiger partial charge in [0.2, 0.25) is 0 Å². The van der Waals surface area contributed by atoms with Gasteiger partial charge in [-0.25, -0.2) is 9.97 Å². The molecule has 4 bridgehead atoms. The quantitative estimate of drug-likeness (QED) is 0.177. The fraction of sp³-hybridized carbons (Fsp3) is 0.185. The van der Waals surface area contributed by atoms with Gasteiger partial charge in [-0.2, -0.15) is 0 Å². The Morgan fingerprint density at radius 2 is 0.893 bits per heavy atom. The summed E-state index contributed by atoms with van der Waals surface area (Å²) in [5, 5.41) is 2.72. The SMILES string of the molecule is c1ccc(-c2ccc(-c3cc(-c4ccc(-c5cccc6c5-c5cc7ccccc7cc5C65C6CC7CC(C6)CC5C7)cc4)nc(-c4ccccc4)n3)cc2)cc1. The minimum absolute atomic E-state index is 0.128. The van der Waals surface area contributed by atoms with Crippen LogP contribution in [0, 0.1) is 23.7 Å². The van der Waals surface area contributed by atoms with Crippen LogP contribution in [0.2, 0.25) is 0 Å². The third-order valence-corrected chi connectivity index (χ3v) is 14.1. The highest BCUT2D eigenvalue weighted by Gasteiger charge is 2.61. The predicted molar refractivity (Wildman–Crippen MR) is 230 cm³/mol. The highest BCUT2D eigenvalue weighted by Crippen LogP contribution is 2.70. The van der Waals surface area contributed by atoms with Crippen molar-refractivity contribution in [3.63, 3.8) is 0 Å². The van der Waals surface area contributed by atoms with Crippen molar-refractivity contribution in [3.8, 4) is 67.3 Å². The van der Waals surface area contributed by atoms with Crippen molar-refractivity contribution < 1.29 is 0 Å². The normalized spacial score (nSPS) is 22.7. The van der Waals surface area contributed by atoms with Gasteiger partial charge in [-0.05, 0) is 129 Å². The molecule has 2 heteroatoms. The molecule has 0 atom stereocenters. The number of nitrogens with zero attached hydrogens (tertiary/aromatic N) is 2. The van der Waals surface area contributed by atoms with E-state index in [4.69, 9.17) is 9.97 Å². The van der Waals surface area contributed by atoms with Crippen molar-refractivity contribution in [2.24, 2.45) is 23.7 Å². The standard InChI is InChI=1S/C54H42N2/c1-3-10-36(11-4-1)37-18-22-39(23-19-37)50-33-51(56-53(55-50)41-12-5-2-6-13-41)40-24-20-38(21-25-40)46-16-9-17-48-52(46)47-31-42-14-7-8-15-43(42)32-49(47)54(48)44-27-34-26-35(29-44)30-45(54)28-34/h1-25,31-35,44-45H,26-30H2. The topological polar surface area (TPSA) is 25.8 Å². The number of fused-ring (bicyclic) bond motifs is 4. The molecule has 13 rings (SSSR count). The van der Waals surface area contributed by atoms with Crippen LogP contribution < -0.4 is 0 Å². The second kappa shape index (κ2) is 12.4. The van der Waals surface area contributed by atoms with E-state index in [1.807, 2.05) is 6.07 Å². The Hall–Kier alpha value is -6.12. The lowest BCUT2D eigenvalue weighted by Crippen LogP contribution is -2.55. The molecule has 56 heavy (non-hydrogen) atoms. The van der Waals surface area contributed by atoms with Crippen LogP contribution in [0.15, 0.2) is 170 Å². The van der Waals surface area contributed by atoms with Gasteiger partial charge in [-0.15, -0.1) is 0 Å². The first-order valence-corrected chi connectivity index (χ1v) is 20.6. The van der Waals surface area contributed by atoms with E-state index in [2.05, 4.69) is 164 Å². The van der Waals surface area contributed by atoms with Crippen LogP contribution in [0.25, 0.3) is 78.1 Å². The summed E-state index contributed by atoms with van der Waals surface area (Å²) in [6, 6.07) is 62.3. The van der Waals surface area contributed by atoms with E-state index in [1.54, 1.807) is 11.1 Å². The van der Waals surface area contributed by atoms with Gasteiger partial charge in [0.05, 0.1) is 11.4 Å². The zero-order valence-electron chi connectivity index (χ0n) is 31.4. The Labute approximate surface area is 329 Å². The molecule has 268 valence electrons. The van der Waals surface area contributed by atoms with Crippen LogP contribution in [-0.4, -0.2) is 9.97 Å². The number of hydrogen-bond acceptors (Lipinski definition) is 2. The maximum atomic E-state index is 5.17. The Morgan fingerprint density at radius 3 is 1.52 bits per heavy atom. The smallest absolute Gasteiger partial charge is 0.160 e. The fourth-order valence-corrected chi connectivity index (χ4v) is 11.9. The van der Waals surface area contributed by atoms with E-state index < -0.39 is 0 Å². The number of benzene rings is 7. The van der Waals surface area contributed by atoms with Crippen molar-refractivity contribution in [3.05, 3.63) is 181 Å². The van der Waals surface area contributed by atoms with Crippen LogP contribution in [0.3, 0.4) is 0 Å². The van der Waals surface area contributed by atoms with E-state index in [0.717, 1.165) is 57.6 Å². The van der Waals surface area contributed by atoms with E-state index in [-0.39, 0.29) is 5.41 Å².